The maximum Gasteiger partial charge on any atom is -0.0233 e. The molecule has 2 fully saturated rings. The Morgan fingerprint density at radius 1 is 0.490 bits per heavy atom. The van der Waals surface area contributed by atoms with Crippen molar-refractivity contribution < 1.29 is 0 Å². The van der Waals surface area contributed by atoms with Gasteiger partial charge in [-0.1, -0.05) is 252 Å². The van der Waals surface area contributed by atoms with Gasteiger partial charge in [0.05, 0.1) is 0 Å². The maximum absolute atomic E-state index is 2.40. The minimum absolute atomic E-state index is 0. The second kappa shape index (κ2) is 45.8. The van der Waals surface area contributed by atoms with Crippen LogP contribution < -0.4 is 0 Å². The third kappa shape index (κ3) is 42.0. The van der Waals surface area contributed by atoms with E-state index in [1.165, 1.54) is 161 Å². The van der Waals surface area contributed by atoms with E-state index in [9.17, 15) is 0 Å². The highest BCUT2D eigenvalue weighted by atomic mass is 14.2. The third-order valence-corrected chi connectivity index (χ3v) is 11.2. The van der Waals surface area contributed by atoms with Gasteiger partial charge in [-0.25, -0.2) is 0 Å². The van der Waals surface area contributed by atoms with Crippen molar-refractivity contribution in [2.45, 2.75) is 265 Å². The van der Waals surface area contributed by atoms with Crippen molar-refractivity contribution in [2.24, 2.45) is 41.4 Å². The van der Waals surface area contributed by atoms with E-state index in [-0.39, 0.29) is 14.9 Å². The summed E-state index contributed by atoms with van der Waals surface area (Å²) in [7, 11) is 0. The predicted octanol–water partition coefficient (Wildman–Crippen LogP) is 19.1. The molecule has 49 heavy (non-hydrogen) atoms. The Bertz CT molecular complexity index is 549. The molecule has 0 heteroatoms. The van der Waals surface area contributed by atoms with Gasteiger partial charge in [0.1, 0.15) is 0 Å². The Labute approximate surface area is 318 Å². The van der Waals surface area contributed by atoms with E-state index in [1.54, 1.807) is 0 Å². The van der Waals surface area contributed by atoms with Gasteiger partial charge in [0.25, 0.3) is 0 Å². The van der Waals surface area contributed by atoms with Crippen LogP contribution in [-0.4, -0.2) is 0 Å². The monoisotopic (exact) mass is 695 g/mol. The van der Waals surface area contributed by atoms with Crippen LogP contribution in [-0.2, 0) is 0 Å². The fraction of sp³-hybridized carbons (Fsp3) is 0.959. The van der Waals surface area contributed by atoms with E-state index in [0.717, 1.165) is 41.4 Å². The van der Waals surface area contributed by atoms with E-state index >= 15 is 0 Å². The molecule has 0 aromatic rings. The first-order valence-corrected chi connectivity index (χ1v) is 22.3. The summed E-state index contributed by atoms with van der Waals surface area (Å²) in [5.74, 6) is 7.00. The fourth-order valence-corrected chi connectivity index (χ4v) is 7.05. The van der Waals surface area contributed by atoms with E-state index < -0.39 is 0 Å². The zero-order chi connectivity index (χ0) is 36.1. The standard InChI is InChI=1S/C10H20.C10H18.C9H18.C7H16.C6H14.C5H12.2CH4/c2*1-3-9-6-5-7-10(4-2)8-9;1-3-9-6-4-8(2)5-7-9;1-4-5-6-7(2)3;1-3-5-6-4-2;1-3-5-4-2;;/h9-10H,3-8H2,1-2H3;5-6,9-10H,3-4,7-8H2,1-2H3;8-9H,3-7H2,1-2H3;7H,4-6H2,1-3H3;3-6H2,1-2H3;3-5H2,1-2H3;2*1H4. The molecular weight excluding hydrogens is 589 g/mol. The average Bonchev–Trinajstić information content (AvgIpc) is 3.11. The molecule has 0 amide bonds. The van der Waals surface area contributed by atoms with E-state index in [2.05, 4.69) is 102 Å². The number of hydrogen-bond acceptors (Lipinski definition) is 0. The summed E-state index contributed by atoms with van der Waals surface area (Å²) in [6.07, 6.45) is 40.2. The molecule has 0 bridgehead atoms. The first kappa shape index (κ1) is 58.1. The van der Waals surface area contributed by atoms with Crippen LogP contribution in [0.2, 0.25) is 0 Å². The molecular formula is C49H106. The second-order valence-electron chi connectivity index (χ2n) is 16.2. The molecule has 4 unspecified atom stereocenters. The quantitative estimate of drug-likeness (QED) is 0.133. The SMILES string of the molecule is C.C.CCC1C=CCC(CC)C1.CCC1CCC(C)CC1.CCC1CCCC(CC)C1.CCCCC.CCCCC(C)C.CCCCCC. The minimum atomic E-state index is 0. The number of hydrogen-bond donors (Lipinski definition) is 0. The van der Waals surface area contributed by atoms with Gasteiger partial charge in [-0.2, -0.15) is 0 Å². The largest absolute Gasteiger partial charge is 0.0880 e. The van der Waals surface area contributed by atoms with Gasteiger partial charge in [0, 0.05) is 0 Å². The zero-order valence-electron chi connectivity index (χ0n) is 35.9. The van der Waals surface area contributed by atoms with Crippen molar-refractivity contribution in [3.8, 4) is 0 Å². The van der Waals surface area contributed by atoms with Crippen LogP contribution in [0, 0.1) is 41.4 Å². The van der Waals surface area contributed by atoms with E-state index in [4.69, 9.17) is 0 Å². The molecule has 3 rings (SSSR count). The van der Waals surface area contributed by atoms with Crippen LogP contribution >= 0.6 is 0 Å². The minimum Gasteiger partial charge on any atom is -0.0880 e. The number of rotatable bonds is 13. The summed E-state index contributed by atoms with van der Waals surface area (Å²) < 4.78 is 0. The van der Waals surface area contributed by atoms with Crippen LogP contribution in [0.1, 0.15) is 265 Å². The van der Waals surface area contributed by atoms with Crippen LogP contribution in [0.25, 0.3) is 0 Å². The predicted molar refractivity (Wildman–Crippen MR) is 236 cm³/mol. The van der Waals surface area contributed by atoms with Crippen molar-refractivity contribution in [1.29, 1.82) is 0 Å². The molecule has 0 radical (unpaired) electrons. The first-order valence-electron chi connectivity index (χ1n) is 22.3. The summed E-state index contributed by atoms with van der Waals surface area (Å²) in [4.78, 5) is 0. The van der Waals surface area contributed by atoms with Gasteiger partial charge in [-0.05, 0) is 67.1 Å². The molecule has 4 atom stereocenters. The topological polar surface area (TPSA) is 0 Å². The Morgan fingerprint density at radius 2 is 0.939 bits per heavy atom. The Morgan fingerprint density at radius 3 is 1.27 bits per heavy atom. The number of unbranched alkanes of at least 4 members (excludes halogenated alkanes) is 6. The zero-order valence-corrected chi connectivity index (χ0v) is 35.9. The molecule has 3 aliphatic carbocycles. The van der Waals surface area contributed by atoms with Gasteiger partial charge < -0.3 is 0 Å². The lowest BCUT2D eigenvalue weighted by Gasteiger charge is -2.27. The summed E-state index contributed by atoms with van der Waals surface area (Å²) >= 11 is 0. The Balaban J connectivity index is -0.000000160. The maximum atomic E-state index is 2.40. The average molecular weight is 695 g/mol. The molecule has 302 valence electrons. The van der Waals surface area contributed by atoms with Gasteiger partial charge >= 0.3 is 0 Å². The highest BCUT2D eigenvalue weighted by Gasteiger charge is 2.19. The Kier molecular flexibility index (Phi) is 54.2. The molecule has 0 N–H and O–H groups in total. The van der Waals surface area contributed by atoms with Crippen molar-refractivity contribution in [1.82, 2.24) is 0 Å². The van der Waals surface area contributed by atoms with Crippen molar-refractivity contribution in [2.75, 3.05) is 0 Å². The molecule has 0 aromatic carbocycles. The molecule has 0 aromatic heterocycles. The lowest BCUT2D eigenvalue weighted by atomic mass is 9.79. The molecule has 2 saturated carbocycles. The first-order chi connectivity index (χ1) is 22.7. The molecule has 0 aliphatic heterocycles. The highest BCUT2D eigenvalue weighted by Crippen LogP contribution is 2.32. The summed E-state index contributed by atoms with van der Waals surface area (Å²) in [6.45, 7) is 29.6. The third-order valence-electron chi connectivity index (χ3n) is 11.2. The van der Waals surface area contributed by atoms with Crippen LogP contribution in [0.15, 0.2) is 12.2 Å². The molecule has 3 aliphatic rings. The van der Waals surface area contributed by atoms with Crippen LogP contribution in [0.3, 0.4) is 0 Å². The second-order valence-corrected chi connectivity index (χ2v) is 16.2. The molecule has 0 nitrogen and oxygen atoms in total. The van der Waals surface area contributed by atoms with Gasteiger partial charge in [0.15, 0.2) is 0 Å². The molecule has 0 saturated heterocycles. The molecule has 0 spiro atoms. The number of allylic oxidation sites excluding steroid dienone is 2. The van der Waals surface area contributed by atoms with Crippen molar-refractivity contribution >= 4 is 0 Å². The van der Waals surface area contributed by atoms with E-state index in [1.807, 2.05) is 0 Å². The lowest BCUT2D eigenvalue weighted by molar-refractivity contribution is 0.255. The van der Waals surface area contributed by atoms with Crippen molar-refractivity contribution in [3.63, 3.8) is 0 Å². The van der Waals surface area contributed by atoms with Gasteiger partial charge in [0.2, 0.25) is 0 Å². The van der Waals surface area contributed by atoms with Gasteiger partial charge in [-0.3, -0.25) is 0 Å². The lowest BCUT2D eigenvalue weighted by Crippen LogP contribution is -2.13. The summed E-state index contributed by atoms with van der Waals surface area (Å²) in [5, 5.41) is 0. The highest BCUT2D eigenvalue weighted by molar-refractivity contribution is 4.95. The smallest absolute Gasteiger partial charge is 0.0233 e. The van der Waals surface area contributed by atoms with Crippen molar-refractivity contribution in [3.05, 3.63) is 12.2 Å². The fourth-order valence-electron chi connectivity index (χ4n) is 7.05. The molecule has 0 heterocycles. The van der Waals surface area contributed by atoms with E-state index in [0.29, 0.717) is 0 Å². The van der Waals surface area contributed by atoms with Gasteiger partial charge in [-0.15, -0.1) is 0 Å². The van der Waals surface area contributed by atoms with Crippen LogP contribution in [0.4, 0.5) is 0 Å². The summed E-state index contributed by atoms with van der Waals surface area (Å²) in [5.41, 5.74) is 0. The van der Waals surface area contributed by atoms with Crippen LogP contribution in [0.5, 0.6) is 0 Å². The normalized spacial score (nSPS) is 23.8. The Hall–Kier alpha value is -0.260. The summed E-state index contributed by atoms with van der Waals surface area (Å²) in [6, 6.07) is 0.